The summed E-state index contributed by atoms with van der Waals surface area (Å²) in [7, 11) is 1.65. The Bertz CT molecular complexity index is 815. The van der Waals surface area contributed by atoms with Crippen molar-refractivity contribution in [2.75, 3.05) is 18.6 Å². The first-order chi connectivity index (χ1) is 11.2. The number of carbonyl (C=O) groups is 1. The lowest BCUT2D eigenvalue weighted by atomic mass is 9.95. The summed E-state index contributed by atoms with van der Waals surface area (Å²) in [5.74, 6) is 0.625. The van der Waals surface area contributed by atoms with Crippen LogP contribution in [-0.4, -0.2) is 25.4 Å². The summed E-state index contributed by atoms with van der Waals surface area (Å²) in [6, 6.07) is 13.6. The van der Waals surface area contributed by atoms with Gasteiger partial charge in [0.05, 0.1) is 12.8 Å². The number of rotatable bonds is 2. The van der Waals surface area contributed by atoms with Crippen LogP contribution >= 0.6 is 0 Å². The zero-order chi connectivity index (χ0) is 16.0. The maximum absolute atomic E-state index is 12.5. The Morgan fingerprint density at radius 2 is 2.04 bits per heavy atom. The van der Waals surface area contributed by atoms with E-state index in [2.05, 4.69) is 4.99 Å². The van der Waals surface area contributed by atoms with Gasteiger partial charge in [-0.3, -0.25) is 9.79 Å². The van der Waals surface area contributed by atoms with Crippen molar-refractivity contribution in [3.63, 3.8) is 0 Å². The molecular weight excluding hydrogens is 290 g/mol. The fourth-order valence-corrected chi connectivity index (χ4v) is 3.37. The van der Waals surface area contributed by atoms with Crippen LogP contribution in [-0.2, 0) is 11.2 Å². The van der Waals surface area contributed by atoms with Gasteiger partial charge in [-0.2, -0.15) is 0 Å². The maximum atomic E-state index is 12.5. The molecule has 0 fully saturated rings. The summed E-state index contributed by atoms with van der Waals surface area (Å²) in [5.41, 5.74) is 10.00. The van der Waals surface area contributed by atoms with E-state index in [1.54, 1.807) is 12.0 Å². The SMILES string of the molecule is COc1cc2c3c(c1)C(c1ccccc1)N=C(N)C(=O)N3CC2. The standard InChI is InChI=1S/C18H17N3O2/c1-23-13-9-12-7-8-21-16(12)14(10-13)15(20-17(19)18(21)22)11-5-3-2-4-6-11/h2-6,9-10,15H,7-8H2,1H3,(H2,19,20). The molecule has 4 rings (SSSR count). The Balaban J connectivity index is 1.99. The highest BCUT2D eigenvalue weighted by atomic mass is 16.5. The average Bonchev–Trinajstić information content (AvgIpc) is 2.98. The van der Waals surface area contributed by atoms with E-state index in [4.69, 9.17) is 10.5 Å². The van der Waals surface area contributed by atoms with Crippen LogP contribution in [0.15, 0.2) is 47.5 Å². The third-order valence-electron chi connectivity index (χ3n) is 4.44. The fraction of sp³-hybridized carbons (Fsp3) is 0.222. The molecular formula is C18H17N3O2. The first kappa shape index (κ1) is 13.8. The van der Waals surface area contributed by atoms with Crippen molar-refractivity contribution in [1.29, 1.82) is 0 Å². The van der Waals surface area contributed by atoms with Gasteiger partial charge >= 0.3 is 0 Å². The molecule has 2 aliphatic rings. The Labute approximate surface area is 134 Å². The number of benzene rings is 2. The van der Waals surface area contributed by atoms with Gasteiger partial charge in [0.1, 0.15) is 11.8 Å². The summed E-state index contributed by atoms with van der Waals surface area (Å²) in [6.07, 6.45) is 0.806. The average molecular weight is 307 g/mol. The second-order valence-corrected chi connectivity index (χ2v) is 5.76. The summed E-state index contributed by atoms with van der Waals surface area (Å²) in [4.78, 5) is 18.8. The van der Waals surface area contributed by atoms with Crippen LogP contribution in [0.5, 0.6) is 5.75 Å². The highest BCUT2D eigenvalue weighted by molar-refractivity contribution is 6.43. The Hall–Kier alpha value is -2.82. The fourth-order valence-electron chi connectivity index (χ4n) is 3.37. The van der Waals surface area contributed by atoms with Gasteiger partial charge in [-0.25, -0.2) is 0 Å². The molecule has 116 valence electrons. The topological polar surface area (TPSA) is 67.9 Å². The maximum Gasteiger partial charge on any atom is 0.293 e. The molecule has 0 bridgehead atoms. The Kier molecular flexibility index (Phi) is 3.08. The number of hydrogen-bond acceptors (Lipinski definition) is 4. The van der Waals surface area contributed by atoms with Crippen LogP contribution in [0.2, 0.25) is 0 Å². The van der Waals surface area contributed by atoms with Crippen molar-refractivity contribution in [3.05, 3.63) is 59.2 Å². The number of nitrogens with zero attached hydrogens (tertiary/aromatic N) is 2. The van der Waals surface area contributed by atoms with Crippen LogP contribution in [0.1, 0.15) is 22.7 Å². The van der Waals surface area contributed by atoms with Gasteiger partial charge in [-0.1, -0.05) is 30.3 Å². The lowest BCUT2D eigenvalue weighted by Gasteiger charge is -2.20. The minimum atomic E-state index is -0.299. The molecule has 1 unspecified atom stereocenters. The minimum absolute atomic E-state index is 0.0573. The van der Waals surface area contributed by atoms with Gasteiger partial charge in [0.25, 0.3) is 5.91 Å². The molecule has 2 aliphatic heterocycles. The molecule has 2 aromatic rings. The molecule has 0 spiro atoms. The van der Waals surface area contributed by atoms with Crippen molar-refractivity contribution in [2.45, 2.75) is 12.5 Å². The molecule has 2 aromatic carbocycles. The number of amidine groups is 1. The Morgan fingerprint density at radius 3 is 2.78 bits per heavy atom. The highest BCUT2D eigenvalue weighted by Gasteiger charge is 2.35. The van der Waals surface area contributed by atoms with Gasteiger partial charge < -0.3 is 15.4 Å². The number of carbonyl (C=O) groups excluding carboxylic acids is 1. The third-order valence-corrected chi connectivity index (χ3v) is 4.44. The van der Waals surface area contributed by atoms with Crippen LogP contribution in [0, 0.1) is 0 Å². The molecule has 23 heavy (non-hydrogen) atoms. The molecule has 1 atom stereocenters. The second-order valence-electron chi connectivity index (χ2n) is 5.76. The van der Waals surface area contributed by atoms with E-state index in [-0.39, 0.29) is 17.8 Å². The number of methoxy groups -OCH3 is 1. The summed E-state index contributed by atoms with van der Waals surface area (Å²) < 4.78 is 5.44. The molecule has 0 saturated carbocycles. The van der Waals surface area contributed by atoms with Crippen LogP contribution < -0.4 is 15.4 Å². The smallest absolute Gasteiger partial charge is 0.293 e. The lowest BCUT2D eigenvalue weighted by molar-refractivity contribution is -0.112. The molecule has 0 aliphatic carbocycles. The van der Waals surface area contributed by atoms with Gasteiger partial charge in [0.2, 0.25) is 0 Å². The first-order valence-corrected chi connectivity index (χ1v) is 7.60. The molecule has 5 nitrogen and oxygen atoms in total. The number of amides is 1. The van der Waals surface area contributed by atoms with Gasteiger partial charge in [-0.05, 0) is 29.7 Å². The minimum Gasteiger partial charge on any atom is -0.497 e. The van der Waals surface area contributed by atoms with Crippen molar-refractivity contribution in [2.24, 2.45) is 10.7 Å². The van der Waals surface area contributed by atoms with Crippen LogP contribution in [0.3, 0.4) is 0 Å². The van der Waals surface area contributed by atoms with E-state index in [0.29, 0.717) is 6.54 Å². The van der Waals surface area contributed by atoms with Crippen molar-refractivity contribution in [3.8, 4) is 5.75 Å². The number of nitrogens with two attached hydrogens (primary N) is 1. The lowest BCUT2D eigenvalue weighted by Crippen LogP contribution is -2.38. The predicted octanol–water partition coefficient (Wildman–Crippen LogP) is 2.04. The predicted molar refractivity (Wildman–Crippen MR) is 89.0 cm³/mol. The third kappa shape index (κ3) is 2.08. The largest absolute Gasteiger partial charge is 0.497 e. The monoisotopic (exact) mass is 307 g/mol. The van der Waals surface area contributed by atoms with E-state index in [0.717, 1.165) is 34.5 Å². The van der Waals surface area contributed by atoms with Crippen molar-refractivity contribution < 1.29 is 9.53 Å². The first-order valence-electron chi connectivity index (χ1n) is 7.60. The normalized spacial score (nSPS) is 19.2. The molecule has 0 saturated heterocycles. The summed E-state index contributed by atoms with van der Waals surface area (Å²) in [5, 5.41) is 0. The zero-order valence-corrected chi connectivity index (χ0v) is 12.8. The summed E-state index contributed by atoms with van der Waals surface area (Å²) in [6.45, 7) is 0.631. The van der Waals surface area contributed by atoms with E-state index in [9.17, 15) is 4.79 Å². The van der Waals surface area contributed by atoms with Crippen LogP contribution in [0.4, 0.5) is 5.69 Å². The summed E-state index contributed by atoms with van der Waals surface area (Å²) >= 11 is 0. The molecule has 0 radical (unpaired) electrons. The Morgan fingerprint density at radius 1 is 1.26 bits per heavy atom. The molecule has 0 aromatic heterocycles. The van der Waals surface area contributed by atoms with E-state index in [1.807, 2.05) is 42.5 Å². The second kappa shape index (κ2) is 5.12. The van der Waals surface area contributed by atoms with Crippen molar-refractivity contribution in [1.82, 2.24) is 0 Å². The van der Waals surface area contributed by atoms with Gasteiger partial charge in [0, 0.05) is 12.1 Å². The molecule has 1 amide bonds. The van der Waals surface area contributed by atoms with E-state index in [1.165, 1.54) is 0 Å². The number of hydrogen-bond donors (Lipinski definition) is 1. The van der Waals surface area contributed by atoms with Gasteiger partial charge in [-0.15, -0.1) is 0 Å². The molecule has 2 heterocycles. The highest BCUT2D eigenvalue weighted by Crippen LogP contribution is 2.43. The zero-order valence-electron chi connectivity index (χ0n) is 12.8. The quantitative estimate of drug-likeness (QED) is 0.923. The van der Waals surface area contributed by atoms with E-state index >= 15 is 0 Å². The number of aliphatic imine (C=N–C) groups is 1. The van der Waals surface area contributed by atoms with Crippen LogP contribution in [0.25, 0.3) is 0 Å². The molecule has 2 N–H and O–H groups in total. The van der Waals surface area contributed by atoms with Crippen molar-refractivity contribution >= 4 is 17.4 Å². The molecule has 5 heteroatoms. The number of ether oxygens (including phenoxy) is 1. The van der Waals surface area contributed by atoms with E-state index < -0.39 is 0 Å². The van der Waals surface area contributed by atoms with Gasteiger partial charge in [0.15, 0.2) is 5.84 Å². The number of anilines is 1.